The van der Waals surface area contributed by atoms with Gasteiger partial charge in [0.15, 0.2) is 0 Å². The second-order valence-electron chi connectivity index (χ2n) is 5.99. The Morgan fingerprint density at radius 2 is 1.89 bits per heavy atom. The topological polar surface area (TPSA) is 8.17 Å². The van der Waals surface area contributed by atoms with E-state index < -0.39 is 0 Å². The van der Waals surface area contributed by atoms with Gasteiger partial charge < -0.3 is 9.47 Å². The molecule has 0 spiro atoms. The normalized spacial score (nSPS) is 23.6. The fourth-order valence-corrected chi connectivity index (χ4v) is 3.22. The molecule has 0 radical (unpaired) electrons. The lowest BCUT2D eigenvalue weighted by Crippen LogP contribution is -2.41. The summed E-state index contributed by atoms with van der Waals surface area (Å²) in [7, 11) is 4.37. The summed E-state index contributed by atoms with van der Waals surface area (Å²) in [5.74, 6) is 0. The van der Waals surface area contributed by atoms with Crippen LogP contribution in [0.3, 0.4) is 0 Å². The molecule has 96 valence electrons. The second kappa shape index (κ2) is 4.13. The van der Waals surface area contributed by atoms with Gasteiger partial charge in [-0.25, -0.2) is 0 Å². The van der Waals surface area contributed by atoms with Gasteiger partial charge in [-0.2, -0.15) is 0 Å². The molecule has 0 unspecified atom stereocenters. The summed E-state index contributed by atoms with van der Waals surface area (Å²) in [6.45, 7) is 4.41. The van der Waals surface area contributed by atoms with Crippen molar-refractivity contribution in [1.29, 1.82) is 0 Å². The van der Waals surface area contributed by atoms with Crippen LogP contribution in [0.5, 0.6) is 0 Å². The Morgan fingerprint density at radius 3 is 2.56 bits per heavy atom. The molecule has 0 atom stereocenters. The van der Waals surface area contributed by atoms with Gasteiger partial charge >= 0.3 is 0 Å². The molecule has 18 heavy (non-hydrogen) atoms. The van der Waals surface area contributed by atoms with E-state index in [0.29, 0.717) is 6.04 Å². The maximum Gasteiger partial charge on any atom is 0.0512 e. The first-order valence-corrected chi connectivity index (χ1v) is 6.80. The molecule has 0 amide bonds. The molecule has 0 bridgehead atoms. The van der Waals surface area contributed by atoms with Gasteiger partial charge in [0.1, 0.15) is 0 Å². The zero-order valence-corrected chi connectivity index (χ0v) is 11.8. The highest BCUT2D eigenvalue weighted by Crippen LogP contribution is 2.38. The third-order valence-corrected chi connectivity index (χ3v) is 4.36. The van der Waals surface area contributed by atoms with E-state index in [4.69, 9.17) is 0 Å². The molecule has 0 aliphatic heterocycles. The Balaban J connectivity index is 1.95. The number of nitrogens with zero attached hydrogens (tertiary/aromatic N) is 2. The number of aromatic nitrogens is 1. The second-order valence-corrected chi connectivity index (χ2v) is 5.99. The van der Waals surface area contributed by atoms with Gasteiger partial charge in [0.2, 0.25) is 0 Å². The molecular weight excluding hydrogens is 220 g/mol. The summed E-state index contributed by atoms with van der Waals surface area (Å²) in [5.41, 5.74) is 4.20. The van der Waals surface area contributed by atoms with E-state index in [1.54, 1.807) is 0 Å². The quantitative estimate of drug-likeness (QED) is 0.782. The van der Waals surface area contributed by atoms with E-state index in [1.165, 1.54) is 34.9 Å². The summed E-state index contributed by atoms with van der Waals surface area (Å²) >= 11 is 0. The molecule has 1 aliphatic carbocycles. The highest BCUT2D eigenvalue weighted by atomic mass is 15.1. The van der Waals surface area contributed by atoms with Gasteiger partial charge in [0.25, 0.3) is 0 Å². The van der Waals surface area contributed by atoms with Crippen molar-refractivity contribution in [2.24, 2.45) is 0 Å². The highest BCUT2D eigenvalue weighted by molar-refractivity contribution is 5.84. The Kier molecular flexibility index (Phi) is 2.70. The summed E-state index contributed by atoms with van der Waals surface area (Å²) in [4.78, 5) is 2.35. The van der Waals surface area contributed by atoms with Crippen LogP contribution in [0.15, 0.2) is 24.4 Å². The molecule has 1 saturated carbocycles. The Bertz CT molecular complexity index is 574. The molecule has 2 nitrogen and oxygen atoms in total. The van der Waals surface area contributed by atoms with Gasteiger partial charge in [-0.05, 0) is 58.5 Å². The molecule has 3 rings (SSSR count). The number of rotatable bonds is 2. The molecule has 1 fully saturated rings. The lowest BCUT2D eigenvalue weighted by Gasteiger charge is -2.41. The van der Waals surface area contributed by atoms with Gasteiger partial charge in [-0.15, -0.1) is 0 Å². The maximum atomic E-state index is 2.49. The van der Waals surface area contributed by atoms with Crippen molar-refractivity contribution < 1.29 is 0 Å². The van der Waals surface area contributed by atoms with Gasteiger partial charge in [0.05, 0.1) is 5.52 Å². The molecule has 1 heterocycles. The maximum absolute atomic E-state index is 2.49. The first kappa shape index (κ1) is 11.8. The fraction of sp³-hybridized carbons (Fsp3) is 0.500. The van der Waals surface area contributed by atoms with Crippen LogP contribution < -0.4 is 0 Å². The minimum Gasteiger partial charge on any atom is -0.344 e. The molecular formula is C16H22N2. The molecule has 1 aliphatic rings. The van der Waals surface area contributed by atoms with E-state index >= 15 is 0 Å². The van der Waals surface area contributed by atoms with E-state index in [9.17, 15) is 0 Å². The van der Waals surface area contributed by atoms with Gasteiger partial charge in [-0.1, -0.05) is 11.6 Å². The van der Waals surface area contributed by atoms with Crippen molar-refractivity contribution in [3.8, 4) is 0 Å². The number of aryl methyl sites for hydroxylation is 2. The largest absolute Gasteiger partial charge is 0.344 e. The summed E-state index contributed by atoms with van der Waals surface area (Å²) in [6.07, 6.45) is 4.84. The minimum absolute atomic E-state index is 0.691. The molecule has 1 aromatic heterocycles. The monoisotopic (exact) mass is 242 g/mol. The number of benzene rings is 1. The smallest absolute Gasteiger partial charge is 0.0512 e. The fourth-order valence-electron chi connectivity index (χ4n) is 3.22. The third-order valence-electron chi connectivity index (χ3n) is 4.36. The number of hydrogen-bond acceptors (Lipinski definition) is 1. The first-order valence-electron chi connectivity index (χ1n) is 6.80. The predicted molar refractivity (Wildman–Crippen MR) is 77.2 cm³/mol. The van der Waals surface area contributed by atoms with Crippen molar-refractivity contribution >= 4 is 10.9 Å². The van der Waals surface area contributed by atoms with E-state index in [-0.39, 0.29) is 0 Å². The van der Waals surface area contributed by atoms with Crippen LogP contribution in [0.2, 0.25) is 0 Å². The standard InChI is InChI=1S/C16H22N2/c1-11-7-12(2)16-13(8-11)5-6-18(16)15-9-14(10-15)17(3)4/h5-8,14-15H,9-10H2,1-4H3. The van der Waals surface area contributed by atoms with Crippen molar-refractivity contribution in [1.82, 2.24) is 9.47 Å². The van der Waals surface area contributed by atoms with Crippen LogP contribution in [0, 0.1) is 13.8 Å². The van der Waals surface area contributed by atoms with E-state index in [2.05, 4.69) is 61.8 Å². The van der Waals surface area contributed by atoms with Crippen LogP contribution in [-0.4, -0.2) is 29.6 Å². The molecule has 0 saturated heterocycles. The Morgan fingerprint density at radius 1 is 1.17 bits per heavy atom. The third kappa shape index (κ3) is 1.76. The van der Waals surface area contributed by atoms with Gasteiger partial charge in [0, 0.05) is 23.7 Å². The van der Waals surface area contributed by atoms with Crippen molar-refractivity contribution in [2.45, 2.75) is 38.8 Å². The number of hydrogen-bond donors (Lipinski definition) is 0. The SMILES string of the molecule is Cc1cc(C)c2c(ccn2C2CC(N(C)C)C2)c1. The summed E-state index contributed by atoms with van der Waals surface area (Å²) in [6, 6.07) is 8.30. The van der Waals surface area contributed by atoms with Crippen LogP contribution in [0.4, 0.5) is 0 Å². The van der Waals surface area contributed by atoms with E-state index in [1.807, 2.05) is 0 Å². The first-order chi connectivity index (χ1) is 8.56. The predicted octanol–water partition coefficient (Wildman–Crippen LogP) is 3.52. The van der Waals surface area contributed by atoms with Crippen LogP contribution in [-0.2, 0) is 0 Å². The molecule has 1 aromatic carbocycles. The lowest BCUT2D eigenvalue weighted by atomic mass is 9.85. The summed E-state index contributed by atoms with van der Waals surface area (Å²) in [5, 5.41) is 1.39. The molecule has 2 heteroatoms. The Hall–Kier alpha value is -1.28. The molecule has 0 N–H and O–H groups in total. The van der Waals surface area contributed by atoms with Crippen LogP contribution in [0.1, 0.15) is 30.0 Å². The lowest BCUT2D eigenvalue weighted by molar-refractivity contribution is 0.132. The average Bonchev–Trinajstić information content (AvgIpc) is 2.58. The van der Waals surface area contributed by atoms with Crippen LogP contribution >= 0.6 is 0 Å². The zero-order valence-electron chi connectivity index (χ0n) is 11.8. The van der Waals surface area contributed by atoms with Crippen molar-refractivity contribution in [3.05, 3.63) is 35.5 Å². The average molecular weight is 242 g/mol. The number of fused-ring (bicyclic) bond motifs is 1. The zero-order chi connectivity index (χ0) is 12.9. The van der Waals surface area contributed by atoms with Crippen molar-refractivity contribution in [2.75, 3.05) is 14.1 Å². The molecule has 2 aromatic rings. The van der Waals surface area contributed by atoms with Gasteiger partial charge in [-0.3, -0.25) is 0 Å². The highest BCUT2D eigenvalue weighted by Gasteiger charge is 2.32. The van der Waals surface area contributed by atoms with Crippen LogP contribution in [0.25, 0.3) is 10.9 Å². The van der Waals surface area contributed by atoms with Crippen molar-refractivity contribution in [3.63, 3.8) is 0 Å². The minimum atomic E-state index is 0.691. The Labute approximate surface area is 109 Å². The summed E-state index contributed by atoms with van der Waals surface area (Å²) < 4.78 is 2.49. The van der Waals surface area contributed by atoms with E-state index in [0.717, 1.165) is 6.04 Å².